The number of nitrogens with one attached hydrogen (secondary N) is 1. The molecule has 2 aromatic carbocycles. The molecule has 1 aliphatic heterocycles. The molecule has 1 fully saturated rings. The third-order valence-electron chi connectivity index (χ3n) is 6.03. The van der Waals surface area contributed by atoms with Crippen LogP contribution in [0, 0.1) is 0 Å². The molecule has 3 rings (SSSR count). The first-order valence-corrected chi connectivity index (χ1v) is 11.7. The van der Waals surface area contributed by atoms with E-state index in [1.807, 2.05) is 6.92 Å². The lowest BCUT2D eigenvalue weighted by Crippen LogP contribution is -2.44. The van der Waals surface area contributed by atoms with Gasteiger partial charge in [-0.05, 0) is 75.7 Å². The molecule has 0 spiro atoms. The van der Waals surface area contributed by atoms with Crippen molar-refractivity contribution >= 4 is 34.9 Å². The van der Waals surface area contributed by atoms with Crippen molar-refractivity contribution < 1.29 is 19.4 Å². The number of carbonyl (C=O) groups excluding carboxylic acids is 1. The fourth-order valence-corrected chi connectivity index (χ4v) is 4.26. The Balaban J connectivity index is 1.69. The highest BCUT2D eigenvalue weighted by Gasteiger charge is 2.25. The van der Waals surface area contributed by atoms with Gasteiger partial charge in [0.2, 0.25) is 0 Å². The number of rotatable bonds is 10. The zero-order valence-corrected chi connectivity index (χ0v) is 20.0. The average molecular weight is 474 g/mol. The molecule has 0 atom stereocenters. The minimum absolute atomic E-state index is 0.133. The van der Waals surface area contributed by atoms with E-state index in [4.69, 9.17) is 16.3 Å². The molecule has 0 aromatic heterocycles. The summed E-state index contributed by atoms with van der Waals surface area (Å²) < 4.78 is 5.44. The monoisotopic (exact) mass is 473 g/mol. The Bertz CT molecular complexity index is 943. The van der Waals surface area contributed by atoms with Crippen LogP contribution in [0.25, 0.3) is 0 Å². The van der Waals surface area contributed by atoms with Crippen molar-refractivity contribution in [3.63, 3.8) is 0 Å². The number of carbonyl (C=O) groups is 2. The van der Waals surface area contributed by atoms with E-state index in [1.54, 1.807) is 36.4 Å². The zero-order valence-electron chi connectivity index (χ0n) is 19.2. The Morgan fingerprint density at radius 3 is 2.45 bits per heavy atom. The van der Waals surface area contributed by atoms with Crippen LogP contribution in [0.3, 0.4) is 0 Å². The van der Waals surface area contributed by atoms with Crippen molar-refractivity contribution in [2.45, 2.75) is 32.2 Å². The van der Waals surface area contributed by atoms with Crippen molar-refractivity contribution in [1.82, 2.24) is 4.90 Å². The third kappa shape index (κ3) is 6.93. The van der Waals surface area contributed by atoms with Gasteiger partial charge in [-0.2, -0.15) is 0 Å². The van der Waals surface area contributed by atoms with Crippen molar-refractivity contribution in [2.75, 3.05) is 50.1 Å². The summed E-state index contributed by atoms with van der Waals surface area (Å²) in [6.45, 7) is 6.20. The predicted molar refractivity (Wildman–Crippen MR) is 132 cm³/mol. The number of hydrogen-bond donors (Lipinski definition) is 2. The van der Waals surface area contributed by atoms with E-state index >= 15 is 0 Å². The van der Waals surface area contributed by atoms with Gasteiger partial charge in [0.15, 0.2) is 0 Å². The summed E-state index contributed by atoms with van der Waals surface area (Å²) in [5.41, 5.74) is 1.92. The maximum absolute atomic E-state index is 12.8. The molecule has 0 unspecified atom stereocenters. The summed E-state index contributed by atoms with van der Waals surface area (Å²) in [5, 5.41) is 12.9. The van der Waals surface area contributed by atoms with E-state index in [0.29, 0.717) is 22.3 Å². The molecule has 2 N–H and O–H groups in total. The van der Waals surface area contributed by atoms with E-state index in [1.165, 1.54) is 6.07 Å². The second kappa shape index (κ2) is 12.0. The second-order valence-corrected chi connectivity index (χ2v) is 8.68. The number of benzene rings is 2. The van der Waals surface area contributed by atoms with Gasteiger partial charge in [0, 0.05) is 49.5 Å². The molecule has 0 aliphatic carbocycles. The number of carboxylic acid groups (broad SMARTS) is 1. The van der Waals surface area contributed by atoms with Crippen LogP contribution < -0.4 is 10.2 Å². The number of piperidine rings is 1. The van der Waals surface area contributed by atoms with Crippen LogP contribution >= 0.6 is 11.6 Å². The Kier molecular flexibility index (Phi) is 9.11. The predicted octanol–water partition coefficient (Wildman–Crippen LogP) is 4.62. The number of nitrogens with zero attached hydrogens (tertiary/aromatic N) is 2. The number of hydrogen-bond acceptors (Lipinski definition) is 5. The molecular formula is C25H32ClN3O4. The lowest BCUT2D eigenvalue weighted by molar-refractivity contribution is 0.0696. The van der Waals surface area contributed by atoms with Gasteiger partial charge in [0.1, 0.15) is 0 Å². The van der Waals surface area contributed by atoms with Gasteiger partial charge in [-0.15, -0.1) is 0 Å². The van der Waals surface area contributed by atoms with Crippen LogP contribution in [0.1, 0.15) is 46.9 Å². The molecule has 0 radical (unpaired) electrons. The molecule has 0 bridgehead atoms. The second-order valence-electron chi connectivity index (χ2n) is 8.25. The lowest BCUT2D eigenvalue weighted by Gasteiger charge is -2.38. The van der Waals surface area contributed by atoms with Gasteiger partial charge in [0.05, 0.1) is 16.9 Å². The van der Waals surface area contributed by atoms with Crippen LogP contribution in [0.4, 0.5) is 11.4 Å². The van der Waals surface area contributed by atoms with Gasteiger partial charge in [-0.25, -0.2) is 4.79 Å². The van der Waals surface area contributed by atoms with Crippen molar-refractivity contribution in [1.29, 1.82) is 0 Å². The molecular weight excluding hydrogens is 442 g/mol. The maximum Gasteiger partial charge on any atom is 0.335 e. The Morgan fingerprint density at radius 2 is 1.82 bits per heavy atom. The molecule has 7 nitrogen and oxygen atoms in total. The van der Waals surface area contributed by atoms with Crippen LogP contribution in [0.5, 0.6) is 0 Å². The van der Waals surface area contributed by atoms with Gasteiger partial charge in [0.25, 0.3) is 5.91 Å². The van der Waals surface area contributed by atoms with Gasteiger partial charge in [-0.1, -0.05) is 11.6 Å². The van der Waals surface area contributed by atoms with Gasteiger partial charge in [-0.3, -0.25) is 4.79 Å². The zero-order chi connectivity index (χ0) is 23.8. The standard InChI is InChI=1S/C25H32ClN3O4/c1-3-33-16-4-13-28(2)21-11-14-29(15-12-21)23-10-7-19(25(31)32)17-22(23)27-24(30)18-5-8-20(26)9-6-18/h5-10,17,21H,3-4,11-16H2,1-2H3,(H,27,30)(H,31,32). The Labute approximate surface area is 200 Å². The molecule has 1 saturated heterocycles. The topological polar surface area (TPSA) is 82.1 Å². The van der Waals surface area contributed by atoms with E-state index < -0.39 is 5.97 Å². The van der Waals surface area contributed by atoms with Crippen LogP contribution in [0.15, 0.2) is 42.5 Å². The number of halogens is 1. The minimum Gasteiger partial charge on any atom is -0.478 e. The fraction of sp³-hybridized carbons (Fsp3) is 0.440. The summed E-state index contributed by atoms with van der Waals surface area (Å²) in [7, 11) is 2.16. The average Bonchev–Trinajstić information content (AvgIpc) is 2.82. The molecule has 1 aliphatic rings. The highest BCUT2D eigenvalue weighted by atomic mass is 35.5. The van der Waals surface area contributed by atoms with E-state index in [9.17, 15) is 14.7 Å². The van der Waals surface area contributed by atoms with Gasteiger partial charge < -0.3 is 25.0 Å². The molecule has 33 heavy (non-hydrogen) atoms. The fourth-order valence-electron chi connectivity index (χ4n) is 4.13. The summed E-state index contributed by atoms with van der Waals surface area (Å²) in [4.78, 5) is 28.9. The molecule has 1 heterocycles. The first-order chi connectivity index (χ1) is 15.9. The first kappa shape index (κ1) is 25.0. The smallest absolute Gasteiger partial charge is 0.335 e. The summed E-state index contributed by atoms with van der Waals surface area (Å²) in [6.07, 6.45) is 3.01. The number of carboxylic acids is 1. The Morgan fingerprint density at radius 1 is 1.15 bits per heavy atom. The van der Waals surface area contributed by atoms with Crippen LogP contribution in [0.2, 0.25) is 5.02 Å². The van der Waals surface area contributed by atoms with Crippen LogP contribution in [-0.4, -0.2) is 67.8 Å². The maximum atomic E-state index is 12.8. The summed E-state index contributed by atoms with van der Waals surface area (Å²) in [5.74, 6) is -1.34. The highest BCUT2D eigenvalue weighted by molar-refractivity contribution is 6.30. The van der Waals surface area contributed by atoms with Gasteiger partial charge >= 0.3 is 5.97 Å². The van der Waals surface area contributed by atoms with Crippen molar-refractivity contribution in [3.05, 3.63) is 58.6 Å². The minimum atomic E-state index is -1.03. The first-order valence-electron chi connectivity index (χ1n) is 11.4. The number of ether oxygens (including phenoxy) is 1. The third-order valence-corrected chi connectivity index (χ3v) is 6.28. The molecule has 8 heteroatoms. The van der Waals surface area contributed by atoms with E-state index in [0.717, 1.165) is 57.8 Å². The highest BCUT2D eigenvalue weighted by Crippen LogP contribution is 2.31. The normalized spacial score (nSPS) is 14.5. The lowest BCUT2D eigenvalue weighted by atomic mass is 10.0. The van der Waals surface area contributed by atoms with E-state index in [-0.39, 0.29) is 11.5 Å². The summed E-state index contributed by atoms with van der Waals surface area (Å²) >= 11 is 5.92. The number of aromatic carboxylic acids is 1. The van der Waals surface area contributed by atoms with Crippen molar-refractivity contribution in [3.8, 4) is 0 Å². The summed E-state index contributed by atoms with van der Waals surface area (Å²) in [6, 6.07) is 12.0. The molecule has 1 amide bonds. The Hall–Kier alpha value is -2.61. The quantitative estimate of drug-likeness (QED) is 0.490. The molecule has 178 valence electrons. The number of anilines is 2. The number of amides is 1. The molecule has 0 saturated carbocycles. The van der Waals surface area contributed by atoms with E-state index in [2.05, 4.69) is 22.2 Å². The van der Waals surface area contributed by atoms with Crippen LogP contribution in [-0.2, 0) is 4.74 Å². The molecule has 2 aromatic rings. The van der Waals surface area contributed by atoms with Crippen molar-refractivity contribution in [2.24, 2.45) is 0 Å². The largest absolute Gasteiger partial charge is 0.478 e. The SMILES string of the molecule is CCOCCCN(C)C1CCN(c2ccc(C(=O)O)cc2NC(=O)c2ccc(Cl)cc2)CC1.